The molecule has 2 aliphatic heterocycles. The zero-order valence-electron chi connectivity index (χ0n) is 33.3. The highest BCUT2D eigenvalue weighted by atomic mass is 32.1. The molecule has 3 atom stereocenters. The van der Waals surface area contributed by atoms with E-state index in [2.05, 4.69) is 137 Å². The van der Waals surface area contributed by atoms with Crippen LogP contribution in [0.5, 0.6) is 5.75 Å². The summed E-state index contributed by atoms with van der Waals surface area (Å²) in [7, 11) is 0. The van der Waals surface area contributed by atoms with E-state index in [1.165, 1.54) is 74.6 Å². The van der Waals surface area contributed by atoms with Gasteiger partial charge in [-0.2, -0.15) is 0 Å². The summed E-state index contributed by atoms with van der Waals surface area (Å²) >= 11 is 1.80. The molecule has 1 spiro atoms. The zero-order chi connectivity index (χ0) is 38.8. The number of benzene rings is 4. The SMILES string of the molecule is Cc1sc2c(c1C)C(c1ccc(C#CC3CC4(CCN(c5ccc([C@H]6c7ccc(O)cc7CC[C@H]6c6ccccc6)cc5)CC4)C3)cc1)=N[C@@H](C)c1nnc(C)n1-2. The van der Waals surface area contributed by atoms with E-state index in [-0.39, 0.29) is 12.0 Å². The van der Waals surface area contributed by atoms with Crippen molar-refractivity contribution in [2.75, 3.05) is 18.0 Å². The van der Waals surface area contributed by atoms with Gasteiger partial charge < -0.3 is 10.0 Å². The third-order valence-corrected chi connectivity index (χ3v) is 14.7. The maximum Gasteiger partial charge on any atom is 0.162 e. The molecule has 2 aliphatic carbocycles. The number of aryl methyl sites for hydroxylation is 3. The molecule has 4 aromatic carbocycles. The van der Waals surface area contributed by atoms with E-state index in [1.807, 2.05) is 19.1 Å². The van der Waals surface area contributed by atoms with Gasteiger partial charge in [0.15, 0.2) is 5.82 Å². The zero-order valence-corrected chi connectivity index (χ0v) is 34.1. The average Bonchev–Trinajstić information content (AvgIpc) is 3.71. The molecule has 7 heteroatoms. The highest BCUT2D eigenvalue weighted by molar-refractivity contribution is 7.15. The summed E-state index contributed by atoms with van der Waals surface area (Å²) in [4.78, 5) is 9.10. The smallest absolute Gasteiger partial charge is 0.162 e. The van der Waals surface area contributed by atoms with Crippen LogP contribution in [0.25, 0.3) is 5.00 Å². The molecule has 6 nitrogen and oxygen atoms in total. The minimum atomic E-state index is -0.0887. The predicted octanol–water partition coefficient (Wildman–Crippen LogP) is 10.8. The van der Waals surface area contributed by atoms with Gasteiger partial charge in [-0.05, 0) is 142 Å². The van der Waals surface area contributed by atoms with Gasteiger partial charge in [0.1, 0.15) is 22.6 Å². The quantitative estimate of drug-likeness (QED) is 0.181. The molecule has 57 heavy (non-hydrogen) atoms. The average molecular weight is 768 g/mol. The fourth-order valence-corrected chi connectivity index (χ4v) is 11.5. The Morgan fingerprint density at radius 2 is 1.60 bits per heavy atom. The highest BCUT2D eigenvalue weighted by Gasteiger charge is 2.45. The molecule has 0 unspecified atom stereocenters. The first kappa shape index (κ1) is 35.9. The Morgan fingerprint density at radius 3 is 2.35 bits per heavy atom. The molecule has 4 aliphatic rings. The number of aliphatic imine (C=N–C) groups is 1. The number of piperidine rings is 1. The summed E-state index contributed by atoms with van der Waals surface area (Å²) in [5.74, 6) is 10.5. The largest absolute Gasteiger partial charge is 0.508 e. The molecule has 0 amide bonds. The van der Waals surface area contributed by atoms with E-state index in [9.17, 15) is 5.11 Å². The van der Waals surface area contributed by atoms with E-state index in [0.717, 1.165) is 54.4 Å². The Bertz CT molecular complexity index is 2560. The number of thiophene rings is 1. The fraction of sp³-hybridized carbons (Fsp3) is 0.340. The van der Waals surface area contributed by atoms with Crippen LogP contribution >= 0.6 is 11.3 Å². The second-order valence-electron chi connectivity index (χ2n) is 17.0. The summed E-state index contributed by atoms with van der Waals surface area (Å²) in [6.07, 6.45) is 6.95. The predicted molar refractivity (Wildman–Crippen MR) is 231 cm³/mol. The lowest BCUT2D eigenvalue weighted by molar-refractivity contribution is 0.0576. The summed E-state index contributed by atoms with van der Waals surface area (Å²) in [6, 6.07) is 35.0. The van der Waals surface area contributed by atoms with Crippen molar-refractivity contribution in [1.29, 1.82) is 0 Å². The molecule has 2 aromatic heterocycles. The lowest BCUT2D eigenvalue weighted by Crippen LogP contribution is -2.46. The number of hydrogen-bond acceptors (Lipinski definition) is 6. The van der Waals surface area contributed by atoms with Gasteiger partial charge in [-0.15, -0.1) is 21.5 Å². The van der Waals surface area contributed by atoms with Crippen molar-refractivity contribution in [2.45, 2.75) is 84.1 Å². The molecule has 2 fully saturated rings. The standard InChI is InChI=1S/C50H49N5OS/c1-31-33(3)57-49-45(31)47(51-32(2)48-53-52-34(4)55(48)49)39-14-12-35(13-15-39)10-11-36-29-50(30-36)24-26-54(27-25-50)41-19-16-38(17-20-41)46-43(37-8-6-5-7-9-37)22-18-40-28-42(56)21-23-44(40)46/h5-9,12-17,19-21,23,28,32,36,43,46,56H,18,22,24-27,29-30H2,1-4H3/t32-,43-,46+/m0/s1. The molecule has 0 radical (unpaired) electrons. The second kappa shape index (κ2) is 14.2. The molecule has 1 saturated heterocycles. The first-order chi connectivity index (χ1) is 27.7. The Labute approximate surface area is 340 Å². The highest BCUT2D eigenvalue weighted by Crippen LogP contribution is 2.53. The van der Waals surface area contributed by atoms with Crippen molar-refractivity contribution < 1.29 is 5.11 Å². The summed E-state index contributed by atoms with van der Waals surface area (Å²) in [6.45, 7) is 10.7. The van der Waals surface area contributed by atoms with Crippen molar-refractivity contribution in [2.24, 2.45) is 16.3 Å². The van der Waals surface area contributed by atoms with Crippen LogP contribution in [0.2, 0.25) is 0 Å². The molecular formula is C50H49N5OS. The maximum atomic E-state index is 10.2. The Balaban J connectivity index is 0.786. The van der Waals surface area contributed by atoms with Crippen LogP contribution in [0.1, 0.15) is 118 Å². The molecular weight excluding hydrogens is 719 g/mol. The Morgan fingerprint density at radius 1 is 0.842 bits per heavy atom. The Hall–Kier alpha value is -5.45. The topological polar surface area (TPSA) is 66.5 Å². The minimum absolute atomic E-state index is 0.0887. The van der Waals surface area contributed by atoms with Crippen molar-refractivity contribution in [3.63, 3.8) is 0 Å². The van der Waals surface area contributed by atoms with Gasteiger partial charge in [-0.3, -0.25) is 9.56 Å². The van der Waals surface area contributed by atoms with Gasteiger partial charge in [0.25, 0.3) is 0 Å². The van der Waals surface area contributed by atoms with Gasteiger partial charge in [0.2, 0.25) is 0 Å². The number of fused-ring (bicyclic) bond motifs is 4. The van der Waals surface area contributed by atoms with Crippen LogP contribution in [-0.4, -0.2) is 38.7 Å². The first-order valence-corrected chi connectivity index (χ1v) is 21.5. The third-order valence-electron chi connectivity index (χ3n) is 13.5. The number of rotatable bonds is 4. The fourth-order valence-electron chi connectivity index (χ4n) is 10.3. The van der Waals surface area contributed by atoms with Crippen molar-refractivity contribution in [1.82, 2.24) is 14.8 Å². The summed E-state index contributed by atoms with van der Waals surface area (Å²) < 4.78 is 2.19. The number of aromatic hydroxyl groups is 1. The normalized spacial score (nSPS) is 21.0. The van der Waals surface area contributed by atoms with E-state index in [0.29, 0.717) is 23.0 Å². The number of anilines is 1. The number of nitrogens with zero attached hydrogens (tertiary/aromatic N) is 5. The van der Waals surface area contributed by atoms with Gasteiger partial charge in [-0.25, -0.2) is 0 Å². The second-order valence-corrected chi connectivity index (χ2v) is 18.2. The molecule has 6 aromatic rings. The molecule has 4 heterocycles. The summed E-state index contributed by atoms with van der Waals surface area (Å²) in [5.41, 5.74) is 12.8. The van der Waals surface area contributed by atoms with Crippen molar-refractivity contribution in [3.05, 3.63) is 158 Å². The van der Waals surface area contributed by atoms with Gasteiger partial charge in [0, 0.05) is 52.2 Å². The van der Waals surface area contributed by atoms with Gasteiger partial charge in [-0.1, -0.05) is 72.5 Å². The van der Waals surface area contributed by atoms with Crippen LogP contribution in [0.4, 0.5) is 5.69 Å². The number of phenols is 1. The monoisotopic (exact) mass is 767 g/mol. The first-order valence-electron chi connectivity index (χ1n) is 20.7. The van der Waals surface area contributed by atoms with E-state index < -0.39 is 0 Å². The molecule has 286 valence electrons. The number of aromatic nitrogens is 3. The van der Waals surface area contributed by atoms with Crippen LogP contribution in [-0.2, 0) is 6.42 Å². The Kier molecular flexibility index (Phi) is 8.94. The van der Waals surface area contributed by atoms with Crippen LogP contribution < -0.4 is 4.90 Å². The lowest BCUT2D eigenvalue weighted by Gasteiger charge is -2.51. The molecule has 0 bridgehead atoms. The van der Waals surface area contributed by atoms with Crippen LogP contribution in [0.3, 0.4) is 0 Å². The number of phenolic OH excluding ortho intramolecular Hbond substituents is 1. The van der Waals surface area contributed by atoms with Crippen LogP contribution in [0, 0.1) is 43.9 Å². The van der Waals surface area contributed by atoms with Gasteiger partial charge in [0.05, 0.1) is 5.71 Å². The van der Waals surface area contributed by atoms with E-state index in [4.69, 9.17) is 4.99 Å². The molecule has 1 saturated carbocycles. The lowest BCUT2D eigenvalue weighted by atomic mass is 9.58. The summed E-state index contributed by atoms with van der Waals surface area (Å²) in [5, 5.41) is 20.3. The maximum absolute atomic E-state index is 10.2. The third kappa shape index (κ3) is 6.39. The van der Waals surface area contributed by atoms with Crippen molar-refractivity contribution in [3.8, 4) is 22.6 Å². The van der Waals surface area contributed by atoms with E-state index >= 15 is 0 Å². The molecule has 1 N–H and O–H groups in total. The van der Waals surface area contributed by atoms with E-state index in [1.54, 1.807) is 11.3 Å². The van der Waals surface area contributed by atoms with Gasteiger partial charge >= 0.3 is 0 Å². The van der Waals surface area contributed by atoms with Crippen molar-refractivity contribution >= 4 is 22.7 Å². The number of hydrogen-bond donors (Lipinski definition) is 1. The minimum Gasteiger partial charge on any atom is -0.508 e. The molecule has 10 rings (SSSR count). The van der Waals surface area contributed by atoms with Crippen LogP contribution in [0.15, 0.2) is 102 Å².